The van der Waals surface area contributed by atoms with Crippen LogP contribution in [0, 0.1) is 0 Å². The van der Waals surface area contributed by atoms with E-state index in [1.807, 2.05) is 0 Å². The van der Waals surface area contributed by atoms with Crippen molar-refractivity contribution < 1.29 is 14.2 Å². The first kappa shape index (κ1) is 12.0. The maximum atomic E-state index is 6.01. The number of likely N-dealkylation sites (N-methyl/N-ethyl adjacent to an activating group) is 1. The van der Waals surface area contributed by atoms with Crippen molar-refractivity contribution in [2.24, 2.45) is 5.73 Å². The summed E-state index contributed by atoms with van der Waals surface area (Å²) in [5.74, 6) is 0.538. The second-order valence-electron chi connectivity index (χ2n) is 3.24. The predicted octanol–water partition coefficient (Wildman–Crippen LogP) is -0.0500. The zero-order valence-corrected chi connectivity index (χ0v) is 9.53. The van der Waals surface area contributed by atoms with Gasteiger partial charge in [-0.2, -0.15) is 0 Å². The zero-order chi connectivity index (χ0) is 11.5. The van der Waals surface area contributed by atoms with E-state index in [0.29, 0.717) is 5.76 Å². The molecule has 3 N–H and O–H groups in total. The third kappa shape index (κ3) is 2.14. The minimum Gasteiger partial charge on any atom is -0.496 e. The topological polar surface area (TPSA) is 65.7 Å². The molecule has 1 aliphatic rings. The molecule has 0 amide bonds. The van der Waals surface area contributed by atoms with Crippen LogP contribution in [0.1, 0.15) is 0 Å². The maximum Gasteiger partial charge on any atom is 0.195 e. The summed E-state index contributed by atoms with van der Waals surface area (Å²) in [6.45, 7) is 0. The molecule has 0 bridgehead atoms. The summed E-state index contributed by atoms with van der Waals surface area (Å²) in [5, 5.41) is 3.02. The van der Waals surface area contributed by atoms with Gasteiger partial charge in [-0.05, 0) is 12.2 Å². The van der Waals surface area contributed by atoms with Gasteiger partial charge in [0.25, 0.3) is 0 Å². The van der Waals surface area contributed by atoms with Crippen molar-refractivity contribution in [3.05, 3.63) is 23.6 Å². The molecule has 0 fully saturated rings. The fourth-order valence-electron chi connectivity index (χ4n) is 1.54. The van der Waals surface area contributed by atoms with Crippen LogP contribution in [0.25, 0.3) is 0 Å². The molecule has 0 aromatic heterocycles. The lowest BCUT2D eigenvalue weighted by Crippen LogP contribution is -2.47. The molecule has 15 heavy (non-hydrogen) atoms. The van der Waals surface area contributed by atoms with Crippen molar-refractivity contribution in [1.29, 1.82) is 0 Å². The summed E-state index contributed by atoms with van der Waals surface area (Å²) in [6, 6.07) is 0. The number of rotatable bonds is 4. The summed E-state index contributed by atoms with van der Waals surface area (Å²) in [4.78, 5) is 0. The molecule has 86 valence electrons. The highest BCUT2D eigenvalue weighted by atomic mass is 16.5. The molecule has 1 rings (SSSR count). The van der Waals surface area contributed by atoms with Gasteiger partial charge in [-0.25, -0.2) is 0 Å². The second-order valence-corrected chi connectivity index (χ2v) is 3.24. The Kier molecular flexibility index (Phi) is 3.73. The number of hydrogen-bond acceptors (Lipinski definition) is 5. The van der Waals surface area contributed by atoms with Crippen molar-refractivity contribution in [3.8, 4) is 0 Å². The van der Waals surface area contributed by atoms with E-state index in [0.717, 1.165) is 5.70 Å². The Hall–Kier alpha value is -1.04. The van der Waals surface area contributed by atoms with Gasteiger partial charge in [-0.1, -0.05) is 0 Å². The molecule has 0 radical (unpaired) electrons. The average molecular weight is 214 g/mol. The maximum absolute atomic E-state index is 6.01. The Morgan fingerprint density at radius 2 is 2.07 bits per heavy atom. The van der Waals surface area contributed by atoms with Gasteiger partial charge >= 0.3 is 0 Å². The third-order valence-electron chi connectivity index (χ3n) is 2.46. The summed E-state index contributed by atoms with van der Waals surface area (Å²) < 4.78 is 15.7. The van der Waals surface area contributed by atoms with E-state index < -0.39 is 5.72 Å². The molecule has 5 heteroatoms. The van der Waals surface area contributed by atoms with Gasteiger partial charge in [0.05, 0.1) is 7.11 Å². The predicted molar refractivity (Wildman–Crippen MR) is 57.0 cm³/mol. The second kappa shape index (κ2) is 4.65. The Morgan fingerprint density at radius 3 is 2.47 bits per heavy atom. The minimum absolute atomic E-state index is 0.184. The molecule has 0 saturated carbocycles. The van der Waals surface area contributed by atoms with Crippen LogP contribution in [-0.2, 0) is 14.2 Å². The highest BCUT2D eigenvalue weighted by molar-refractivity contribution is 5.32. The van der Waals surface area contributed by atoms with Gasteiger partial charge in [-0.3, -0.25) is 5.73 Å². The first-order valence-electron chi connectivity index (χ1n) is 4.65. The summed E-state index contributed by atoms with van der Waals surface area (Å²) in [7, 11) is 6.51. The van der Waals surface area contributed by atoms with Crippen LogP contribution in [0.15, 0.2) is 23.6 Å². The Balaban J connectivity index is 3.05. The van der Waals surface area contributed by atoms with Crippen LogP contribution in [0.3, 0.4) is 0 Å². The summed E-state index contributed by atoms with van der Waals surface area (Å²) in [6.07, 6.45) is 3.35. The number of ether oxygens (including phenoxy) is 3. The van der Waals surface area contributed by atoms with Crippen molar-refractivity contribution in [3.63, 3.8) is 0 Å². The molecular weight excluding hydrogens is 196 g/mol. The standard InChI is InChI=1S/C10H18N2O3/c1-12-7-6-10(11,15-4)9(14-3)5-8(7)13-2/h5-6,8,12H,11H2,1-4H3. The van der Waals surface area contributed by atoms with Gasteiger partial charge in [0.2, 0.25) is 0 Å². The van der Waals surface area contributed by atoms with Crippen LogP contribution >= 0.6 is 0 Å². The number of nitrogens with two attached hydrogens (primary N) is 1. The lowest BCUT2D eigenvalue weighted by Gasteiger charge is -2.33. The highest BCUT2D eigenvalue weighted by Crippen LogP contribution is 2.26. The van der Waals surface area contributed by atoms with E-state index in [-0.39, 0.29) is 6.10 Å². The third-order valence-corrected chi connectivity index (χ3v) is 2.46. The molecule has 0 aromatic rings. The molecule has 0 saturated heterocycles. The summed E-state index contributed by atoms with van der Waals surface area (Å²) in [5.41, 5.74) is 5.83. The Bertz CT molecular complexity index is 288. The first-order chi connectivity index (χ1) is 7.11. The first-order valence-corrected chi connectivity index (χ1v) is 4.65. The van der Waals surface area contributed by atoms with Gasteiger partial charge < -0.3 is 19.5 Å². The van der Waals surface area contributed by atoms with Gasteiger partial charge in [0.15, 0.2) is 5.72 Å². The van der Waals surface area contributed by atoms with Gasteiger partial charge in [0.1, 0.15) is 11.9 Å². The van der Waals surface area contributed by atoms with Crippen molar-refractivity contribution in [2.75, 3.05) is 28.4 Å². The molecule has 0 spiro atoms. The fraction of sp³-hybridized carbons (Fsp3) is 0.600. The minimum atomic E-state index is -1.03. The van der Waals surface area contributed by atoms with Gasteiger partial charge in [0, 0.05) is 27.0 Å². The smallest absolute Gasteiger partial charge is 0.195 e. The average Bonchev–Trinajstić information content (AvgIpc) is 2.28. The van der Waals surface area contributed by atoms with E-state index in [2.05, 4.69) is 5.32 Å². The lowest BCUT2D eigenvalue weighted by atomic mass is 10.0. The largest absolute Gasteiger partial charge is 0.496 e. The lowest BCUT2D eigenvalue weighted by molar-refractivity contribution is 0.0130. The molecule has 0 heterocycles. The normalized spacial score (nSPS) is 30.6. The number of nitrogens with one attached hydrogen (secondary N) is 1. The summed E-state index contributed by atoms with van der Waals surface area (Å²) >= 11 is 0. The Labute approximate surface area is 89.9 Å². The highest BCUT2D eigenvalue weighted by Gasteiger charge is 2.35. The van der Waals surface area contributed by atoms with Crippen molar-refractivity contribution in [1.82, 2.24) is 5.32 Å². The molecule has 1 aliphatic carbocycles. The molecule has 2 atom stereocenters. The molecular formula is C10H18N2O3. The number of hydrogen-bond donors (Lipinski definition) is 2. The molecule has 5 nitrogen and oxygen atoms in total. The van der Waals surface area contributed by atoms with Crippen molar-refractivity contribution in [2.45, 2.75) is 11.8 Å². The molecule has 0 aromatic carbocycles. The van der Waals surface area contributed by atoms with Crippen LogP contribution in [0.2, 0.25) is 0 Å². The fourth-order valence-corrected chi connectivity index (χ4v) is 1.54. The van der Waals surface area contributed by atoms with E-state index in [1.54, 1.807) is 33.4 Å². The van der Waals surface area contributed by atoms with Crippen LogP contribution in [0.4, 0.5) is 0 Å². The SMILES string of the molecule is CNC1=CC(N)(OC)C(OC)=CC1OC. The Morgan fingerprint density at radius 1 is 1.40 bits per heavy atom. The van der Waals surface area contributed by atoms with E-state index in [4.69, 9.17) is 19.9 Å². The number of methoxy groups -OCH3 is 3. The quantitative estimate of drug-likeness (QED) is 0.642. The van der Waals surface area contributed by atoms with E-state index >= 15 is 0 Å². The van der Waals surface area contributed by atoms with Crippen LogP contribution in [-0.4, -0.2) is 40.2 Å². The van der Waals surface area contributed by atoms with E-state index in [9.17, 15) is 0 Å². The zero-order valence-electron chi connectivity index (χ0n) is 9.53. The monoisotopic (exact) mass is 214 g/mol. The van der Waals surface area contributed by atoms with Crippen LogP contribution in [0.5, 0.6) is 0 Å². The van der Waals surface area contributed by atoms with E-state index in [1.165, 1.54) is 7.11 Å². The van der Waals surface area contributed by atoms with Crippen LogP contribution < -0.4 is 11.1 Å². The molecule has 2 unspecified atom stereocenters. The van der Waals surface area contributed by atoms with Gasteiger partial charge in [-0.15, -0.1) is 0 Å². The van der Waals surface area contributed by atoms with Crippen molar-refractivity contribution >= 4 is 0 Å². The molecule has 0 aliphatic heterocycles.